The van der Waals surface area contributed by atoms with Crippen LogP contribution in [0.4, 0.5) is 24.5 Å². The molecule has 1 aromatic heterocycles. The zero-order valence-corrected chi connectivity index (χ0v) is 12.4. The highest BCUT2D eigenvalue weighted by molar-refractivity contribution is 5.78. The van der Waals surface area contributed by atoms with Crippen LogP contribution < -0.4 is 16.4 Å². The molecule has 0 aliphatic rings. The molecule has 8 nitrogen and oxygen atoms in total. The number of alkyl halides is 3. The van der Waals surface area contributed by atoms with E-state index in [2.05, 4.69) is 10.9 Å². The van der Waals surface area contributed by atoms with Crippen molar-refractivity contribution in [1.29, 1.82) is 0 Å². The average Bonchev–Trinajstić information content (AvgIpc) is 2.54. The molecule has 25 heavy (non-hydrogen) atoms. The summed E-state index contributed by atoms with van der Waals surface area (Å²) in [4.78, 5) is 33.1. The summed E-state index contributed by atoms with van der Waals surface area (Å²) in [6.07, 6.45) is -3.37. The van der Waals surface area contributed by atoms with E-state index in [1.165, 1.54) is 24.4 Å². The number of nitro groups is 1. The maximum Gasteiger partial charge on any atom is 0.416 e. The van der Waals surface area contributed by atoms with Crippen molar-refractivity contribution in [2.45, 2.75) is 12.7 Å². The van der Waals surface area contributed by atoms with Crippen LogP contribution in [-0.4, -0.2) is 15.4 Å². The third-order valence-electron chi connectivity index (χ3n) is 3.07. The fraction of sp³-hybridized carbons (Fsp3) is 0.143. The van der Waals surface area contributed by atoms with Gasteiger partial charge in [-0.2, -0.15) is 13.2 Å². The number of benzene rings is 1. The number of hydrazine groups is 1. The van der Waals surface area contributed by atoms with Crippen LogP contribution in [0.1, 0.15) is 5.56 Å². The Morgan fingerprint density at radius 1 is 1.24 bits per heavy atom. The van der Waals surface area contributed by atoms with Gasteiger partial charge in [-0.15, -0.1) is 0 Å². The summed E-state index contributed by atoms with van der Waals surface area (Å²) in [5.74, 6) is -0.720. The summed E-state index contributed by atoms with van der Waals surface area (Å²) in [5, 5.41) is 10.9. The van der Waals surface area contributed by atoms with Gasteiger partial charge in [0, 0.05) is 18.3 Å². The molecule has 0 saturated heterocycles. The Balaban J connectivity index is 2.12. The largest absolute Gasteiger partial charge is 0.416 e. The van der Waals surface area contributed by atoms with E-state index in [1.807, 2.05) is 0 Å². The second-order valence-electron chi connectivity index (χ2n) is 4.83. The van der Waals surface area contributed by atoms with Crippen molar-refractivity contribution < 1.29 is 22.9 Å². The van der Waals surface area contributed by atoms with Crippen molar-refractivity contribution in [2.24, 2.45) is 0 Å². The molecule has 2 aromatic rings. The van der Waals surface area contributed by atoms with E-state index in [0.29, 0.717) is 12.1 Å². The van der Waals surface area contributed by atoms with E-state index in [-0.39, 0.29) is 12.2 Å². The maximum atomic E-state index is 12.6. The van der Waals surface area contributed by atoms with Crippen molar-refractivity contribution in [2.75, 3.05) is 5.43 Å². The smallest absolute Gasteiger partial charge is 0.306 e. The normalized spacial score (nSPS) is 11.0. The molecular weight excluding hydrogens is 345 g/mol. The Morgan fingerprint density at radius 3 is 2.56 bits per heavy atom. The molecule has 2 N–H and O–H groups in total. The van der Waals surface area contributed by atoms with Crippen LogP contribution in [0.3, 0.4) is 0 Å². The molecular formula is C14H11F3N4O4. The fourth-order valence-electron chi connectivity index (χ4n) is 1.89. The number of anilines is 1. The minimum atomic E-state index is -4.74. The number of pyridine rings is 1. The van der Waals surface area contributed by atoms with E-state index >= 15 is 0 Å². The number of hydrogen-bond acceptors (Lipinski definition) is 5. The predicted octanol–water partition coefficient (Wildman–Crippen LogP) is 1.92. The average molecular weight is 356 g/mol. The van der Waals surface area contributed by atoms with Gasteiger partial charge in [0.25, 0.3) is 17.2 Å². The number of carbonyl (C=O) groups is 1. The molecule has 0 aliphatic carbocycles. The van der Waals surface area contributed by atoms with Crippen molar-refractivity contribution in [1.82, 2.24) is 9.99 Å². The Hall–Kier alpha value is -3.37. The first-order chi connectivity index (χ1) is 11.7. The van der Waals surface area contributed by atoms with Gasteiger partial charge in [0.15, 0.2) is 0 Å². The lowest BCUT2D eigenvalue weighted by molar-refractivity contribution is -0.384. The number of nitro benzene ring substituents is 1. The van der Waals surface area contributed by atoms with Gasteiger partial charge < -0.3 is 4.57 Å². The monoisotopic (exact) mass is 356 g/mol. The van der Waals surface area contributed by atoms with Gasteiger partial charge in [-0.05, 0) is 18.2 Å². The molecule has 11 heteroatoms. The number of nitrogens with zero attached hydrogens (tertiary/aromatic N) is 2. The molecule has 0 aliphatic heterocycles. The molecule has 2 rings (SSSR count). The van der Waals surface area contributed by atoms with Gasteiger partial charge in [0.1, 0.15) is 12.2 Å². The maximum absolute atomic E-state index is 12.6. The lowest BCUT2D eigenvalue weighted by atomic mass is 10.1. The standard InChI is InChI=1S/C14H11F3N4O4/c15-14(16,17)9-4-5-10(11(7-9)21(24)25)18-19-12(22)8-20-6-2-1-3-13(20)23/h1-7,18H,8H2,(H,19,22). The van der Waals surface area contributed by atoms with E-state index in [4.69, 9.17) is 0 Å². The summed E-state index contributed by atoms with van der Waals surface area (Å²) in [6, 6.07) is 6.08. The van der Waals surface area contributed by atoms with Crippen LogP contribution in [0.5, 0.6) is 0 Å². The Morgan fingerprint density at radius 2 is 1.96 bits per heavy atom. The Labute approximate surface area is 138 Å². The molecule has 132 valence electrons. The summed E-state index contributed by atoms with van der Waals surface area (Å²) >= 11 is 0. The third-order valence-corrected chi connectivity index (χ3v) is 3.07. The number of rotatable bonds is 5. The van der Waals surface area contributed by atoms with Crippen LogP contribution in [0.2, 0.25) is 0 Å². The number of carbonyl (C=O) groups excluding carboxylic acids is 1. The zero-order chi connectivity index (χ0) is 18.6. The highest BCUT2D eigenvalue weighted by Crippen LogP contribution is 2.34. The van der Waals surface area contributed by atoms with Gasteiger partial charge in [0.2, 0.25) is 0 Å². The van der Waals surface area contributed by atoms with Gasteiger partial charge >= 0.3 is 6.18 Å². The molecule has 0 fully saturated rings. The summed E-state index contributed by atoms with van der Waals surface area (Å²) in [6.45, 7) is -0.374. The van der Waals surface area contributed by atoms with Gasteiger partial charge in [-0.1, -0.05) is 6.07 Å². The van der Waals surface area contributed by atoms with Crippen molar-refractivity contribution in [3.05, 3.63) is 68.6 Å². The molecule has 0 atom stereocenters. The van der Waals surface area contributed by atoms with Crippen LogP contribution in [0.15, 0.2) is 47.4 Å². The molecule has 0 spiro atoms. The number of nitrogens with one attached hydrogen (secondary N) is 2. The first-order valence-electron chi connectivity index (χ1n) is 6.74. The first-order valence-corrected chi connectivity index (χ1v) is 6.74. The Kier molecular flexibility index (Phi) is 5.05. The van der Waals surface area contributed by atoms with Crippen LogP contribution in [0.25, 0.3) is 0 Å². The SMILES string of the molecule is O=C(Cn1ccccc1=O)NNc1ccc(C(F)(F)F)cc1[N+](=O)[O-]. The number of amides is 1. The topological polar surface area (TPSA) is 106 Å². The van der Waals surface area contributed by atoms with Crippen LogP contribution >= 0.6 is 0 Å². The van der Waals surface area contributed by atoms with E-state index < -0.39 is 33.8 Å². The fourth-order valence-corrected chi connectivity index (χ4v) is 1.89. The molecule has 0 unspecified atom stereocenters. The molecule has 0 bridgehead atoms. The molecule has 1 heterocycles. The Bertz CT molecular complexity index is 864. The second kappa shape index (κ2) is 7.03. The highest BCUT2D eigenvalue weighted by Gasteiger charge is 2.33. The predicted molar refractivity (Wildman–Crippen MR) is 80.6 cm³/mol. The zero-order valence-electron chi connectivity index (χ0n) is 12.4. The molecule has 0 saturated carbocycles. The van der Waals surface area contributed by atoms with E-state index in [9.17, 15) is 32.9 Å². The molecule has 1 aromatic carbocycles. The van der Waals surface area contributed by atoms with Gasteiger partial charge in [0.05, 0.1) is 10.5 Å². The quantitative estimate of drug-likeness (QED) is 0.629. The van der Waals surface area contributed by atoms with Crippen LogP contribution in [0, 0.1) is 10.1 Å². The van der Waals surface area contributed by atoms with Crippen molar-refractivity contribution >= 4 is 17.3 Å². The van der Waals surface area contributed by atoms with E-state index in [1.54, 1.807) is 0 Å². The highest BCUT2D eigenvalue weighted by atomic mass is 19.4. The number of halogens is 3. The van der Waals surface area contributed by atoms with E-state index in [0.717, 1.165) is 10.6 Å². The van der Waals surface area contributed by atoms with Gasteiger partial charge in [-0.25, -0.2) is 0 Å². The van der Waals surface area contributed by atoms with Crippen molar-refractivity contribution in [3.63, 3.8) is 0 Å². The second-order valence-corrected chi connectivity index (χ2v) is 4.83. The number of hydrogen-bond donors (Lipinski definition) is 2. The lowest BCUT2D eigenvalue weighted by Gasteiger charge is -2.12. The lowest BCUT2D eigenvalue weighted by Crippen LogP contribution is -2.35. The van der Waals surface area contributed by atoms with Gasteiger partial charge in [-0.3, -0.25) is 30.6 Å². The van der Waals surface area contributed by atoms with Crippen LogP contribution in [-0.2, 0) is 17.5 Å². The minimum absolute atomic E-state index is 0.327. The molecule has 0 radical (unpaired) electrons. The number of aromatic nitrogens is 1. The third kappa shape index (κ3) is 4.56. The summed E-state index contributed by atoms with van der Waals surface area (Å²) < 4.78 is 38.9. The first kappa shape index (κ1) is 18.0. The minimum Gasteiger partial charge on any atom is -0.306 e. The summed E-state index contributed by atoms with van der Waals surface area (Å²) in [7, 11) is 0. The van der Waals surface area contributed by atoms with Crippen molar-refractivity contribution in [3.8, 4) is 0 Å². The molecule has 1 amide bonds. The summed E-state index contributed by atoms with van der Waals surface area (Å²) in [5.41, 5.74) is 1.48.